The van der Waals surface area contributed by atoms with Crippen molar-refractivity contribution >= 4 is 27.3 Å². The van der Waals surface area contributed by atoms with E-state index in [1.807, 2.05) is 19.9 Å². The van der Waals surface area contributed by atoms with Gasteiger partial charge in [-0.2, -0.15) is 5.10 Å². The molecule has 2 aromatic rings. The van der Waals surface area contributed by atoms with Crippen LogP contribution in [0.1, 0.15) is 28.6 Å². The predicted molar refractivity (Wildman–Crippen MR) is 71.1 cm³/mol. The van der Waals surface area contributed by atoms with E-state index in [-0.39, 0.29) is 0 Å². The van der Waals surface area contributed by atoms with E-state index in [2.05, 4.69) is 26.0 Å². The first-order valence-electron chi connectivity index (χ1n) is 5.42. The molecule has 2 rings (SSSR count). The summed E-state index contributed by atoms with van der Waals surface area (Å²) in [6, 6.07) is 1.97. The molecule has 1 unspecified atom stereocenters. The van der Waals surface area contributed by atoms with Gasteiger partial charge in [-0.1, -0.05) is 0 Å². The number of halogens is 1. The molecule has 17 heavy (non-hydrogen) atoms. The summed E-state index contributed by atoms with van der Waals surface area (Å²) in [4.78, 5) is 6.30. The van der Waals surface area contributed by atoms with Gasteiger partial charge < -0.3 is 5.11 Å². The van der Waals surface area contributed by atoms with E-state index in [1.54, 1.807) is 16.0 Å². The van der Waals surface area contributed by atoms with Crippen LogP contribution >= 0.6 is 27.3 Å². The summed E-state index contributed by atoms with van der Waals surface area (Å²) in [5.74, 6) is 0.821. The highest BCUT2D eigenvalue weighted by Crippen LogP contribution is 2.31. The molecule has 4 nitrogen and oxygen atoms in total. The SMILES string of the molecule is CCn1ncnc1CC(O)c1cc(Br)c(C)s1. The normalized spacial score (nSPS) is 12.9. The van der Waals surface area contributed by atoms with Crippen LogP contribution in [0, 0.1) is 6.92 Å². The van der Waals surface area contributed by atoms with Crippen molar-refractivity contribution in [1.82, 2.24) is 14.8 Å². The zero-order valence-corrected chi connectivity index (χ0v) is 12.1. The van der Waals surface area contributed by atoms with Crippen molar-refractivity contribution < 1.29 is 5.11 Å². The fourth-order valence-corrected chi connectivity index (χ4v) is 3.18. The Kier molecular flexibility index (Phi) is 3.96. The summed E-state index contributed by atoms with van der Waals surface area (Å²) in [7, 11) is 0. The lowest BCUT2D eigenvalue weighted by atomic mass is 10.2. The zero-order valence-electron chi connectivity index (χ0n) is 9.72. The third-order valence-corrected chi connectivity index (χ3v) is 4.81. The van der Waals surface area contributed by atoms with Crippen LogP contribution in [0.15, 0.2) is 16.9 Å². The van der Waals surface area contributed by atoms with Gasteiger partial charge in [-0.15, -0.1) is 11.3 Å². The van der Waals surface area contributed by atoms with Gasteiger partial charge >= 0.3 is 0 Å². The van der Waals surface area contributed by atoms with Gasteiger partial charge in [0.1, 0.15) is 12.2 Å². The third-order valence-electron chi connectivity index (χ3n) is 2.58. The topological polar surface area (TPSA) is 50.9 Å². The zero-order chi connectivity index (χ0) is 12.4. The van der Waals surface area contributed by atoms with Crippen molar-refractivity contribution in [2.75, 3.05) is 0 Å². The molecule has 0 spiro atoms. The average molecular weight is 316 g/mol. The highest BCUT2D eigenvalue weighted by molar-refractivity contribution is 9.10. The number of aryl methyl sites for hydroxylation is 2. The standard InChI is InChI=1S/C11H14BrN3OS/c1-3-15-11(13-6-14-15)5-9(16)10-4-8(12)7(2)17-10/h4,6,9,16H,3,5H2,1-2H3. The molecule has 0 aliphatic rings. The minimum atomic E-state index is -0.514. The fraction of sp³-hybridized carbons (Fsp3) is 0.455. The minimum absolute atomic E-state index is 0.500. The summed E-state index contributed by atoms with van der Waals surface area (Å²) in [5.41, 5.74) is 0. The van der Waals surface area contributed by atoms with Crippen LogP contribution in [0.4, 0.5) is 0 Å². The molecule has 2 heterocycles. The summed E-state index contributed by atoms with van der Waals surface area (Å²) >= 11 is 5.06. The average Bonchev–Trinajstić information content (AvgIpc) is 2.86. The second-order valence-corrected chi connectivity index (χ2v) is 5.91. The smallest absolute Gasteiger partial charge is 0.138 e. The van der Waals surface area contributed by atoms with E-state index < -0.39 is 6.10 Å². The molecule has 0 saturated carbocycles. The predicted octanol–water partition coefficient (Wildman–Crippen LogP) is 2.71. The minimum Gasteiger partial charge on any atom is -0.387 e. The quantitative estimate of drug-likeness (QED) is 0.943. The Hall–Kier alpha value is -0.720. The van der Waals surface area contributed by atoms with E-state index >= 15 is 0 Å². The van der Waals surface area contributed by atoms with Gasteiger partial charge in [-0.05, 0) is 35.8 Å². The highest BCUT2D eigenvalue weighted by atomic mass is 79.9. The molecule has 0 aliphatic carbocycles. The van der Waals surface area contributed by atoms with E-state index in [0.717, 1.165) is 21.7 Å². The molecule has 0 aliphatic heterocycles. The molecule has 0 bridgehead atoms. The van der Waals surface area contributed by atoms with E-state index in [4.69, 9.17) is 0 Å². The van der Waals surface area contributed by atoms with Crippen LogP contribution in [0.5, 0.6) is 0 Å². The molecule has 0 radical (unpaired) electrons. The molecule has 92 valence electrons. The Bertz CT molecular complexity index is 489. The van der Waals surface area contributed by atoms with Crippen LogP contribution in [-0.4, -0.2) is 19.9 Å². The Balaban J connectivity index is 2.14. The van der Waals surface area contributed by atoms with Crippen molar-refractivity contribution in [2.24, 2.45) is 0 Å². The second-order valence-electron chi connectivity index (χ2n) is 3.76. The molecule has 0 fully saturated rings. The summed E-state index contributed by atoms with van der Waals surface area (Å²) < 4.78 is 2.85. The van der Waals surface area contributed by atoms with Crippen molar-refractivity contribution in [3.8, 4) is 0 Å². The lowest BCUT2D eigenvalue weighted by molar-refractivity contribution is 0.178. The number of rotatable bonds is 4. The first kappa shape index (κ1) is 12.7. The fourth-order valence-electron chi connectivity index (χ4n) is 1.63. The van der Waals surface area contributed by atoms with Gasteiger partial charge in [0.2, 0.25) is 0 Å². The van der Waals surface area contributed by atoms with Crippen molar-refractivity contribution in [3.63, 3.8) is 0 Å². The van der Waals surface area contributed by atoms with Gasteiger partial charge in [0.15, 0.2) is 0 Å². The number of hydrogen-bond donors (Lipinski definition) is 1. The molecular weight excluding hydrogens is 302 g/mol. The van der Waals surface area contributed by atoms with Gasteiger partial charge in [-0.3, -0.25) is 4.68 Å². The number of aliphatic hydroxyl groups is 1. The Labute approximate surface area is 112 Å². The molecule has 0 saturated heterocycles. The molecule has 0 aromatic carbocycles. The van der Waals surface area contributed by atoms with E-state index in [9.17, 15) is 5.11 Å². The number of thiophene rings is 1. The maximum Gasteiger partial charge on any atom is 0.138 e. The van der Waals surface area contributed by atoms with Crippen LogP contribution in [0.2, 0.25) is 0 Å². The van der Waals surface area contributed by atoms with Gasteiger partial charge in [0.05, 0.1) is 6.10 Å². The monoisotopic (exact) mass is 315 g/mol. The van der Waals surface area contributed by atoms with Gasteiger partial charge in [0, 0.05) is 27.2 Å². The third kappa shape index (κ3) is 2.75. The Morgan fingerprint density at radius 2 is 2.35 bits per heavy atom. The number of aromatic nitrogens is 3. The van der Waals surface area contributed by atoms with Crippen LogP contribution in [0.25, 0.3) is 0 Å². The maximum absolute atomic E-state index is 10.2. The van der Waals surface area contributed by atoms with Gasteiger partial charge in [0.25, 0.3) is 0 Å². The number of hydrogen-bond acceptors (Lipinski definition) is 4. The van der Waals surface area contributed by atoms with E-state index in [0.29, 0.717) is 6.42 Å². The Morgan fingerprint density at radius 1 is 1.59 bits per heavy atom. The molecule has 1 N–H and O–H groups in total. The van der Waals surface area contributed by atoms with Crippen molar-refractivity contribution in [1.29, 1.82) is 0 Å². The first-order valence-corrected chi connectivity index (χ1v) is 7.03. The second kappa shape index (κ2) is 5.29. The first-order chi connectivity index (χ1) is 8.11. The number of aliphatic hydroxyl groups excluding tert-OH is 1. The van der Waals surface area contributed by atoms with Crippen molar-refractivity contribution in [3.05, 3.63) is 32.4 Å². The summed E-state index contributed by atoms with van der Waals surface area (Å²) in [5, 5.41) is 14.3. The maximum atomic E-state index is 10.2. The van der Waals surface area contributed by atoms with Crippen LogP contribution in [-0.2, 0) is 13.0 Å². The molecule has 1 atom stereocenters. The molecular formula is C11H14BrN3OS. The van der Waals surface area contributed by atoms with Crippen molar-refractivity contribution in [2.45, 2.75) is 32.9 Å². The van der Waals surface area contributed by atoms with E-state index in [1.165, 1.54) is 11.2 Å². The van der Waals surface area contributed by atoms with Crippen LogP contribution in [0.3, 0.4) is 0 Å². The highest BCUT2D eigenvalue weighted by Gasteiger charge is 2.15. The van der Waals surface area contributed by atoms with Crippen LogP contribution < -0.4 is 0 Å². The largest absolute Gasteiger partial charge is 0.387 e. The lowest BCUT2D eigenvalue weighted by Gasteiger charge is -2.08. The lowest BCUT2D eigenvalue weighted by Crippen LogP contribution is -2.08. The summed E-state index contributed by atoms with van der Waals surface area (Å²) in [6.45, 7) is 4.81. The molecule has 0 amide bonds. The Morgan fingerprint density at radius 3 is 2.94 bits per heavy atom. The number of nitrogens with zero attached hydrogens (tertiary/aromatic N) is 3. The van der Waals surface area contributed by atoms with Gasteiger partial charge in [-0.25, -0.2) is 4.98 Å². The summed E-state index contributed by atoms with van der Waals surface area (Å²) in [6.07, 6.45) is 1.51. The molecule has 2 aromatic heterocycles. The molecule has 6 heteroatoms.